The van der Waals surface area contributed by atoms with Crippen LogP contribution in [0.1, 0.15) is 45.2 Å². The summed E-state index contributed by atoms with van der Waals surface area (Å²) in [6.45, 7) is 12.3. The van der Waals surface area contributed by atoms with Crippen molar-refractivity contribution < 1.29 is 23.9 Å². The molecule has 27 heavy (non-hydrogen) atoms. The van der Waals surface area contributed by atoms with Crippen LogP contribution >= 0.6 is 0 Å². The molecule has 1 aromatic rings. The molecule has 0 bridgehead atoms. The number of esters is 1. The standard InChI is InChI=1S/C20H30N2O4Si/c1-7-25-18(23)17(22-21)20(24)15-11-9-8-10-14(15)12-13-16(20)26-27(5,6)19(2,3)4/h8-11,16,24H,7,12-13H2,1-6H3/t16-,20+/m0/s1. The second kappa shape index (κ2) is 7.68. The maximum Gasteiger partial charge on any atom is 0.420 e. The minimum absolute atomic E-state index is 0.0781. The lowest BCUT2D eigenvalue weighted by Crippen LogP contribution is -2.58. The third-order valence-electron chi connectivity index (χ3n) is 5.74. The molecule has 0 aromatic heterocycles. The predicted octanol–water partition coefficient (Wildman–Crippen LogP) is 3.44. The van der Waals surface area contributed by atoms with Gasteiger partial charge in [-0.25, -0.2) is 4.79 Å². The van der Waals surface area contributed by atoms with Gasteiger partial charge in [0, 0.05) is 5.56 Å². The van der Waals surface area contributed by atoms with E-state index in [1.54, 1.807) is 19.1 Å². The molecule has 0 saturated heterocycles. The van der Waals surface area contributed by atoms with Crippen molar-refractivity contribution in [3.63, 3.8) is 0 Å². The van der Waals surface area contributed by atoms with Gasteiger partial charge in [0.2, 0.25) is 5.60 Å². The number of aryl methyl sites for hydroxylation is 1. The lowest BCUT2D eigenvalue weighted by Gasteiger charge is -2.45. The third-order valence-corrected chi connectivity index (χ3v) is 10.2. The second-order valence-corrected chi connectivity index (χ2v) is 13.3. The Hall–Kier alpha value is -1.79. The minimum Gasteiger partial charge on any atom is -0.457 e. The van der Waals surface area contributed by atoms with Crippen molar-refractivity contribution in [1.29, 1.82) is 0 Å². The van der Waals surface area contributed by atoms with Gasteiger partial charge in [-0.05, 0) is 43.5 Å². The van der Waals surface area contributed by atoms with Gasteiger partial charge < -0.3 is 19.8 Å². The highest BCUT2D eigenvalue weighted by Crippen LogP contribution is 2.44. The molecule has 2 rings (SSSR count). The number of aliphatic hydroxyl groups is 1. The fourth-order valence-corrected chi connectivity index (χ4v) is 4.56. The molecule has 1 aliphatic carbocycles. The largest absolute Gasteiger partial charge is 0.457 e. The Morgan fingerprint density at radius 2 is 2.00 bits per heavy atom. The number of nitrogens with zero attached hydrogens (tertiary/aromatic N) is 2. The van der Waals surface area contributed by atoms with E-state index in [1.165, 1.54) is 0 Å². The van der Waals surface area contributed by atoms with E-state index in [9.17, 15) is 15.4 Å². The molecule has 1 aromatic carbocycles. The number of fused-ring (bicyclic) bond motifs is 1. The Bertz CT molecular complexity index is 765. The lowest BCUT2D eigenvalue weighted by atomic mass is 9.74. The summed E-state index contributed by atoms with van der Waals surface area (Å²) in [5.41, 5.74) is 8.76. The van der Waals surface area contributed by atoms with Crippen LogP contribution in [0.15, 0.2) is 24.3 Å². The Balaban J connectivity index is 2.60. The molecule has 0 aliphatic heterocycles. The Morgan fingerprint density at radius 1 is 1.37 bits per heavy atom. The fourth-order valence-electron chi connectivity index (χ4n) is 3.21. The average Bonchev–Trinajstić information content (AvgIpc) is 2.57. The summed E-state index contributed by atoms with van der Waals surface area (Å²) in [6, 6.07) is 7.33. The molecular formula is C20H30N2O4Si. The van der Waals surface area contributed by atoms with Crippen LogP contribution < -0.4 is 0 Å². The van der Waals surface area contributed by atoms with Crippen molar-refractivity contribution in [3.05, 3.63) is 40.9 Å². The van der Waals surface area contributed by atoms with Crippen molar-refractivity contribution in [2.75, 3.05) is 6.61 Å². The van der Waals surface area contributed by atoms with Crippen LogP contribution in [0.3, 0.4) is 0 Å². The van der Waals surface area contributed by atoms with Crippen molar-refractivity contribution >= 4 is 20.0 Å². The third kappa shape index (κ3) is 3.92. The Labute approximate surface area is 162 Å². The van der Waals surface area contributed by atoms with E-state index >= 15 is 0 Å². The summed E-state index contributed by atoms with van der Waals surface area (Å²) >= 11 is 0. The van der Waals surface area contributed by atoms with Gasteiger partial charge in [-0.15, -0.1) is 0 Å². The summed E-state index contributed by atoms with van der Waals surface area (Å²) in [5, 5.41) is 11.7. The number of carbonyl (C=O) groups is 1. The van der Waals surface area contributed by atoms with Crippen molar-refractivity contribution in [2.24, 2.45) is 0 Å². The molecule has 0 amide bonds. The molecule has 148 valence electrons. The fraction of sp³-hybridized carbons (Fsp3) is 0.600. The first kappa shape index (κ1) is 21.5. The first-order valence-corrected chi connectivity index (χ1v) is 12.3. The number of benzene rings is 1. The molecule has 0 unspecified atom stereocenters. The highest BCUT2D eigenvalue weighted by atomic mass is 28.4. The van der Waals surface area contributed by atoms with Crippen molar-refractivity contribution in [3.8, 4) is 0 Å². The lowest BCUT2D eigenvalue weighted by molar-refractivity contribution is -0.147. The van der Waals surface area contributed by atoms with E-state index in [-0.39, 0.29) is 11.6 Å². The normalized spacial score (nSPS) is 22.6. The molecule has 1 aliphatic rings. The minimum atomic E-state index is -2.26. The molecule has 6 nitrogen and oxygen atoms in total. The summed E-state index contributed by atoms with van der Waals surface area (Å²) < 4.78 is 11.6. The van der Waals surface area contributed by atoms with Crippen LogP contribution in [0.25, 0.3) is 5.53 Å². The summed E-state index contributed by atoms with van der Waals surface area (Å²) in [7, 11) is -2.26. The Morgan fingerprint density at radius 3 is 2.56 bits per heavy atom. The summed E-state index contributed by atoms with van der Waals surface area (Å²) in [5.74, 6) is -0.844. The van der Waals surface area contributed by atoms with Crippen molar-refractivity contribution in [2.45, 2.75) is 70.4 Å². The van der Waals surface area contributed by atoms with Crippen molar-refractivity contribution in [1.82, 2.24) is 0 Å². The zero-order valence-electron chi connectivity index (χ0n) is 17.1. The molecule has 0 fully saturated rings. The molecule has 0 spiro atoms. The first-order chi connectivity index (χ1) is 12.5. The van der Waals surface area contributed by atoms with E-state index in [4.69, 9.17) is 9.16 Å². The first-order valence-electron chi connectivity index (χ1n) is 9.37. The van der Waals surface area contributed by atoms with Crippen LogP contribution in [-0.4, -0.2) is 42.6 Å². The van der Waals surface area contributed by atoms with Gasteiger partial charge in [0.25, 0.3) is 0 Å². The molecule has 7 heteroatoms. The van der Waals surface area contributed by atoms with E-state index in [2.05, 4.69) is 38.7 Å². The van der Waals surface area contributed by atoms with Gasteiger partial charge in [-0.2, -0.15) is 4.79 Å². The van der Waals surface area contributed by atoms with Gasteiger partial charge in [-0.1, -0.05) is 45.0 Å². The monoisotopic (exact) mass is 390 g/mol. The maximum atomic E-state index is 12.5. The zero-order valence-corrected chi connectivity index (χ0v) is 18.1. The van der Waals surface area contributed by atoms with E-state index in [0.717, 1.165) is 5.56 Å². The summed E-state index contributed by atoms with van der Waals surface area (Å²) in [4.78, 5) is 15.7. The van der Waals surface area contributed by atoms with Gasteiger partial charge in [0.15, 0.2) is 8.32 Å². The number of carbonyl (C=O) groups excluding carboxylic acids is 1. The number of rotatable bonds is 5. The quantitative estimate of drug-likeness (QED) is 0.274. The summed E-state index contributed by atoms with van der Waals surface area (Å²) in [6.07, 6.45) is 0.515. The second-order valence-electron chi connectivity index (χ2n) is 8.50. The number of hydrogen-bond acceptors (Lipinski definition) is 4. The van der Waals surface area contributed by atoms with E-state index in [1.807, 2.05) is 12.1 Å². The van der Waals surface area contributed by atoms with Crippen LogP contribution in [0.5, 0.6) is 0 Å². The molecule has 0 saturated carbocycles. The highest BCUT2D eigenvalue weighted by Gasteiger charge is 2.58. The zero-order chi connectivity index (χ0) is 20.5. The van der Waals surface area contributed by atoms with E-state index < -0.39 is 31.7 Å². The van der Waals surface area contributed by atoms with Gasteiger partial charge >= 0.3 is 11.7 Å². The molecule has 0 heterocycles. The molecular weight excluding hydrogens is 360 g/mol. The van der Waals surface area contributed by atoms with Gasteiger partial charge in [0.05, 0.1) is 12.7 Å². The number of hydrogen-bond donors (Lipinski definition) is 1. The smallest absolute Gasteiger partial charge is 0.420 e. The molecule has 2 atom stereocenters. The predicted molar refractivity (Wildman–Crippen MR) is 106 cm³/mol. The molecule has 0 radical (unpaired) electrons. The Kier molecular flexibility index (Phi) is 6.12. The van der Waals surface area contributed by atoms with Crippen LogP contribution in [0, 0.1) is 0 Å². The maximum absolute atomic E-state index is 12.5. The van der Waals surface area contributed by atoms with Crippen LogP contribution in [-0.2, 0) is 26.0 Å². The van der Waals surface area contributed by atoms with Crippen LogP contribution in [0.2, 0.25) is 18.1 Å². The van der Waals surface area contributed by atoms with Gasteiger partial charge in [-0.3, -0.25) is 0 Å². The average molecular weight is 391 g/mol. The van der Waals surface area contributed by atoms with Crippen LogP contribution in [0.4, 0.5) is 0 Å². The topological polar surface area (TPSA) is 92.2 Å². The molecule has 1 N–H and O–H groups in total. The highest BCUT2D eigenvalue weighted by molar-refractivity contribution is 6.74. The number of ether oxygens (including phenoxy) is 1. The SMILES string of the molecule is CCOC(=O)C(=[N+]=[N-])[C@@]1(O)c2ccccc2CC[C@@H]1O[Si](C)(C)C(C)(C)C. The van der Waals surface area contributed by atoms with E-state index in [0.29, 0.717) is 18.4 Å². The van der Waals surface area contributed by atoms with Gasteiger partial charge in [0.1, 0.15) is 0 Å².